The lowest BCUT2D eigenvalue weighted by atomic mass is 10.0. The van der Waals surface area contributed by atoms with E-state index in [1.54, 1.807) is 0 Å². The van der Waals surface area contributed by atoms with Gasteiger partial charge in [-0.3, -0.25) is 14.2 Å². The maximum atomic E-state index is 12.9. The van der Waals surface area contributed by atoms with Gasteiger partial charge in [0.25, 0.3) is 7.82 Å². The van der Waals surface area contributed by atoms with Crippen molar-refractivity contribution < 1.29 is 42.1 Å². The van der Waals surface area contributed by atoms with Gasteiger partial charge in [-0.2, -0.15) is 0 Å². The molecule has 470 valence electrons. The standard InChI is InChI=1S/C70H132NO8P/c1-6-8-10-12-14-16-18-20-22-24-26-28-30-32-34-35-37-38-40-42-44-46-48-50-52-54-56-58-60-62-69(72)76-66-68(67-78-80(74,75)77-65-64-71(3,4)5)79-70(73)63-61-59-57-55-53-51-49-47-45-43-41-39-36-33-31-29-27-25-23-21-19-17-15-13-11-9-7-2/h9,11,15,17,21,23,27,29,68H,6-8,10,12-14,16,18-20,22,24-26,28,30-67H2,1-5H3/b11-9-,17-15-,23-21-,29-27-. The highest BCUT2D eigenvalue weighted by atomic mass is 31.2. The number of likely N-dealkylation sites (N-methyl/N-ethyl adjacent to an activating group) is 1. The van der Waals surface area contributed by atoms with Crippen LogP contribution in [0.15, 0.2) is 48.6 Å². The summed E-state index contributed by atoms with van der Waals surface area (Å²) < 4.78 is 34.3. The SMILES string of the molecule is CC/C=C\C/C=C\C/C=C\C/C=C\CCCCCCCCCCCCCCCCC(=O)OC(COC(=O)CCCCCCCCCCCCCCCCCCCCCCCCCCCCCCC)COP(=O)([O-])OCC[N+](C)(C)C. The zero-order valence-electron chi connectivity index (χ0n) is 53.5. The number of carbonyl (C=O) groups excluding carboxylic acids is 2. The number of unbranched alkanes of at least 4 members (excludes halogenated alkanes) is 42. The van der Waals surface area contributed by atoms with Crippen LogP contribution in [0.5, 0.6) is 0 Å². The molecule has 0 saturated heterocycles. The average molecular weight is 1150 g/mol. The van der Waals surface area contributed by atoms with E-state index in [0.717, 1.165) is 64.2 Å². The third kappa shape index (κ3) is 65.1. The lowest BCUT2D eigenvalue weighted by Crippen LogP contribution is -2.37. The molecule has 0 radical (unpaired) electrons. The van der Waals surface area contributed by atoms with Gasteiger partial charge in [0.15, 0.2) is 6.10 Å². The molecule has 0 heterocycles. The van der Waals surface area contributed by atoms with Gasteiger partial charge in [-0.25, -0.2) is 0 Å². The molecule has 0 aliphatic heterocycles. The lowest BCUT2D eigenvalue weighted by Gasteiger charge is -2.28. The molecule has 0 aliphatic rings. The minimum absolute atomic E-state index is 0.0294. The van der Waals surface area contributed by atoms with Gasteiger partial charge < -0.3 is 27.9 Å². The van der Waals surface area contributed by atoms with Gasteiger partial charge in [-0.15, -0.1) is 0 Å². The molecule has 0 aromatic rings. The molecule has 0 bridgehead atoms. The summed E-state index contributed by atoms with van der Waals surface area (Å²) in [7, 11) is 1.18. The molecule has 0 aromatic heterocycles. The zero-order chi connectivity index (χ0) is 58.4. The van der Waals surface area contributed by atoms with Gasteiger partial charge in [0, 0.05) is 12.8 Å². The van der Waals surface area contributed by atoms with Crippen LogP contribution in [0.3, 0.4) is 0 Å². The van der Waals surface area contributed by atoms with Crippen molar-refractivity contribution in [3.05, 3.63) is 48.6 Å². The number of quaternary nitrogens is 1. The monoisotopic (exact) mass is 1150 g/mol. The van der Waals surface area contributed by atoms with Crippen LogP contribution in [0.1, 0.15) is 335 Å². The summed E-state index contributed by atoms with van der Waals surface area (Å²) in [5, 5.41) is 0. The molecule has 0 spiro atoms. The lowest BCUT2D eigenvalue weighted by molar-refractivity contribution is -0.870. The third-order valence-corrected chi connectivity index (χ3v) is 16.3. The number of nitrogens with zero attached hydrogens (tertiary/aromatic N) is 1. The number of rotatable bonds is 64. The first-order valence-corrected chi connectivity index (χ1v) is 35.8. The molecular weight excluding hydrogens is 1010 g/mol. The van der Waals surface area contributed by atoms with Crippen LogP contribution in [0.2, 0.25) is 0 Å². The largest absolute Gasteiger partial charge is 0.756 e. The molecule has 0 fully saturated rings. The van der Waals surface area contributed by atoms with E-state index in [-0.39, 0.29) is 32.0 Å². The predicted molar refractivity (Wildman–Crippen MR) is 342 cm³/mol. The number of phosphoric acid groups is 1. The maximum Gasteiger partial charge on any atom is 0.306 e. The highest BCUT2D eigenvalue weighted by molar-refractivity contribution is 7.45. The Bertz CT molecular complexity index is 1490. The van der Waals surface area contributed by atoms with Crippen molar-refractivity contribution in [1.29, 1.82) is 0 Å². The fourth-order valence-corrected chi connectivity index (χ4v) is 10.9. The predicted octanol–water partition coefficient (Wildman–Crippen LogP) is 21.4. The molecule has 9 nitrogen and oxygen atoms in total. The van der Waals surface area contributed by atoms with Crippen LogP contribution >= 0.6 is 7.82 Å². The van der Waals surface area contributed by atoms with Gasteiger partial charge in [0.2, 0.25) is 0 Å². The summed E-state index contributed by atoms with van der Waals surface area (Å²) in [6.45, 7) is 4.19. The molecule has 0 aromatic carbocycles. The topological polar surface area (TPSA) is 111 Å². The summed E-state index contributed by atoms with van der Waals surface area (Å²) in [4.78, 5) is 38.0. The zero-order valence-corrected chi connectivity index (χ0v) is 54.4. The van der Waals surface area contributed by atoms with E-state index in [1.165, 1.54) is 238 Å². The Morgan fingerprint density at radius 3 is 1.06 bits per heavy atom. The second-order valence-corrected chi connectivity index (χ2v) is 25.9. The van der Waals surface area contributed by atoms with Gasteiger partial charge in [-0.1, -0.05) is 319 Å². The molecule has 10 heteroatoms. The summed E-state index contributed by atoms with van der Waals surface area (Å²) in [5.41, 5.74) is 0. The van der Waals surface area contributed by atoms with Crippen LogP contribution in [0.4, 0.5) is 0 Å². The average Bonchev–Trinajstić information content (AvgIpc) is 3.42. The van der Waals surface area contributed by atoms with E-state index in [0.29, 0.717) is 17.4 Å². The van der Waals surface area contributed by atoms with Crippen molar-refractivity contribution >= 4 is 19.8 Å². The molecule has 0 N–H and O–H groups in total. The Balaban J connectivity index is 4.01. The van der Waals surface area contributed by atoms with E-state index >= 15 is 0 Å². The number of hydrogen-bond acceptors (Lipinski definition) is 8. The van der Waals surface area contributed by atoms with Gasteiger partial charge in [0.05, 0.1) is 27.7 Å². The number of allylic oxidation sites excluding steroid dienone is 8. The minimum atomic E-state index is -4.64. The Labute approximate surface area is 496 Å². The molecule has 0 aliphatic carbocycles. The van der Waals surface area contributed by atoms with E-state index < -0.39 is 26.5 Å². The number of ether oxygens (including phenoxy) is 2. The van der Waals surface area contributed by atoms with Crippen LogP contribution in [-0.4, -0.2) is 70.0 Å². The second kappa shape index (κ2) is 61.5. The Kier molecular flexibility index (Phi) is 60.0. The molecule has 2 unspecified atom stereocenters. The quantitative estimate of drug-likeness (QED) is 0.0195. The van der Waals surface area contributed by atoms with Crippen molar-refractivity contribution in [2.45, 2.75) is 341 Å². The first-order valence-electron chi connectivity index (χ1n) is 34.3. The second-order valence-electron chi connectivity index (χ2n) is 24.5. The van der Waals surface area contributed by atoms with Crippen LogP contribution in [0.25, 0.3) is 0 Å². The first-order chi connectivity index (χ1) is 39.0. The van der Waals surface area contributed by atoms with Gasteiger partial charge in [-0.05, 0) is 51.4 Å². The first kappa shape index (κ1) is 78.0. The van der Waals surface area contributed by atoms with Crippen LogP contribution < -0.4 is 4.89 Å². The summed E-state index contributed by atoms with van der Waals surface area (Å²) >= 11 is 0. The number of hydrogen-bond donors (Lipinski definition) is 0. The van der Waals surface area contributed by atoms with Gasteiger partial charge in [0.1, 0.15) is 19.8 Å². The van der Waals surface area contributed by atoms with Crippen molar-refractivity contribution in [2.24, 2.45) is 0 Å². The highest BCUT2D eigenvalue weighted by Crippen LogP contribution is 2.38. The molecular formula is C70H132NO8P. The van der Waals surface area contributed by atoms with E-state index in [1.807, 2.05) is 21.1 Å². The van der Waals surface area contributed by atoms with E-state index in [9.17, 15) is 19.0 Å². The van der Waals surface area contributed by atoms with Crippen molar-refractivity contribution in [3.63, 3.8) is 0 Å². The Morgan fingerprint density at radius 1 is 0.400 bits per heavy atom. The molecule has 0 saturated carbocycles. The van der Waals surface area contributed by atoms with Crippen LogP contribution in [-0.2, 0) is 32.7 Å². The maximum absolute atomic E-state index is 12.9. The van der Waals surface area contributed by atoms with Gasteiger partial charge >= 0.3 is 11.9 Å². The van der Waals surface area contributed by atoms with E-state index in [2.05, 4.69) is 62.5 Å². The van der Waals surface area contributed by atoms with Crippen molar-refractivity contribution in [2.75, 3.05) is 47.5 Å². The smallest absolute Gasteiger partial charge is 0.306 e. The minimum Gasteiger partial charge on any atom is -0.756 e. The van der Waals surface area contributed by atoms with Crippen molar-refractivity contribution in [1.82, 2.24) is 0 Å². The summed E-state index contributed by atoms with van der Waals surface area (Å²) in [5.74, 6) is -0.816. The number of phosphoric ester groups is 1. The normalized spacial score (nSPS) is 13.4. The molecule has 0 amide bonds. The molecule has 80 heavy (non-hydrogen) atoms. The Hall–Kier alpha value is -2.03. The fraction of sp³-hybridized carbons (Fsp3) is 0.857. The van der Waals surface area contributed by atoms with Crippen LogP contribution in [0, 0.1) is 0 Å². The molecule has 2 atom stereocenters. The summed E-state index contributed by atoms with van der Waals surface area (Å²) in [6.07, 6.45) is 79.1. The molecule has 0 rings (SSSR count). The number of carbonyl (C=O) groups is 2. The third-order valence-electron chi connectivity index (χ3n) is 15.4. The van der Waals surface area contributed by atoms with Crippen molar-refractivity contribution in [3.8, 4) is 0 Å². The number of esters is 2. The fourth-order valence-electron chi connectivity index (χ4n) is 10.1. The Morgan fingerprint density at radius 2 is 0.713 bits per heavy atom. The highest BCUT2D eigenvalue weighted by Gasteiger charge is 2.22. The summed E-state index contributed by atoms with van der Waals surface area (Å²) in [6, 6.07) is 0. The van der Waals surface area contributed by atoms with E-state index in [4.69, 9.17) is 18.5 Å².